The molecule has 1 aromatic rings. The summed E-state index contributed by atoms with van der Waals surface area (Å²) in [6.07, 6.45) is 7.12. The Bertz CT molecular complexity index is 623. The van der Waals surface area contributed by atoms with Crippen molar-refractivity contribution in [3.05, 3.63) is 35.3 Å². The van der Waals surface area contributed by atoms with Crippen molar-refractivity contribution in [2.75, 3.05) is 0 Å². The minimum Gasteiger partial charge on any atom is -0.472 e. The Hall–Kier alpha value is -1.35. The highest BCUT2D eigenvalue weighted by molar-refractivity contribution is 6.02. The quantitative estimate of drug-likeness (QED) is 0.904. The molecule has 1 saturated carbocycles. The van der Waals surface area contributed by atoms with Crippen molar-refractivity contribution in [1.29, 1.82) is 0 Å². The molecule has 3 atom stereocenters. The summed E-state index contributed by atoms with van der Waals surface area (Å²) in [6.45, 7) is 8.53. The van der Waals surface area contributed by atoms with Crippen LogP contribution in [0.3, 0.4) is 0 Å². The van der Waals surface area contributed by atoms with Crippen LogP contribution in [0.25, 0.3) is 0 Å². The van der Waals surface area contributed by atoms with Crippen LogP contribution in [-0.4, -0.2) is 17.0 Å². The largest absolute Gasteiger partial charge is 0.472 e. The van der Waals surface area contributed by atoms with Crippen LogP contribution in [0.4, 0.5) is 0 Å². The van der Waals surface area contributed by atoms with Crippen LogP contribution in [0.15, 0.2) is 34.2 Å². The minimum atomic E-state index is -0.514. The molecule has 0 bridgehead atoms. The van der Waals surface area contributed by atoms with E-state index in [1.54, 1.807) is 12.5 Å². The predicted octanol–water partition coefficient (Wildman–Crippen LogP) is 4.30. The molecule has 3 rings (SSSR count). The van der Waals surface area contributed by atoms with Crippen LogP contribution in [-0.2, 0) is 11.2 Å². The van der Waals surface area contributed by atoms with E-state index in [0.29, 0.717) is 6.42 Å². The van der Waals surface area contributed by atoms with Crippen LogP contribution >= 0.6 is 0 Å². The number of rotatable bonds is 3. The van der Waals surface area contributed by atoms with E-state index < -0.39 is 11.5 Å². The van der Waals surface area contributed by atoms with Crippen molar-refractivity contribution >= 4 is 5.78 Å². The first-order valence-corrected chi connectivity index (χ1v) is 8.77. The first kappa shape index (κ1) is 16.5. The summed E-state index contributed by atoms with van der Waals surface area (Å²) in [7, 11) is 0. The molecule has 1 heterocycles. The third-order valence-corrected chi connectivity index (χ3v) is 6.24. The van der Waals surface area contributed by atoms with E-state index in [-0.39, 0.29) is 17.1 Å². The van der Waals surface area contributed by atoms with Gasteiger partial charge in [-0.05, 0) is 41.9 Å². The Morgan fingerprint density at radius 3 is 2.65 bits per heavy atom. The number of ketones is 1. The number of aliphatic hydroxyl groups is 1. The van der Waals surface area contributed by atoms with E-state index in [9.17, 15) is 9.90 Å². The van der Waals surface area contributed by atoms with Crippen molar-refractivity contribution in [1.82, 2.24) is 0 Å². The fourth-order valence-corrected chi connectivity index (χ4v) is 5.20. The molecule has 0 saturated heterocycles. The van der Waals surface area contributed by atoms with Crippen molar-refractivity contribution in [2.45, 2.75) is 65.9 Å². The second-order valence-corrected chi connectivity index (χ2v) is 8.18. The maximum absolute atomic E-state index is 13.4. The van der Waals surface area contributed by atoms with Crippen molar-refractivity contribution in [3.63, 3.8) is 0 Å². The number of hydrogen-bond donors (Lipinski definition) is 1. The van der Waals surface area contributed by atoms with Gasteiger partial charge in [0.1, 0.15) is 0 Å². The van der Waals surface area contributed by atoms with Crippen LogP contribution in [0, 0.1) is 16.7 Å². The third kappa shape index (κ3) is 2.50. The number of carbonyl (C=O) groups excluding carboxylic acids is 1. The van der Waals surface area contributed by atoms with Gasteiger partial charge in [0.2, 0.25) is 0 Å². The first-order chi connectivity index (χ1) is 10.8. The zero-order chi connectivity index (χ0) is 16.8. The maximum Gasteiger partial charge on any atom is 0.165 e. The fourth-order valence-electron chi connectivity index (χ4n) is 5.20. The van der Waals surface area contributed by atoms with Crippen LogP contribution in [0.1, 0.15) is 58.9 Å². The molecule has 0 amide bonds. The Balaban J connectivity index is 2.09. The molecule has 0 radical (unpaired) electrons. The summed E-state index contributed by atoms with van der Waals surface area (Å²) in [6, 6.07) is 1.90. The van der Waals surface area contributed by atoms with Crippen molar-refractivity contribution in [2.24, 2.45) is 16.7 Å². The topological polar surface area (TPSA) is 50.4 Å². The van der Waals surface area contributed by atoms with E-state index in [1.807, 2.05) is 13.0 Å². The fraction of sp³-hybridized carbons (Fsp3) is 0.650. The van der Waals surface area contributed by atoms with Crippen molar-refractivity contribution in [3.8, 4) is 0 Å². The second-order valence-electron chi connectivity index (χ2n) is 8.18. The summed E-state index contributed by atoms with van der Waals surface area (Å²) in [5.41, 5.74) is 2.30. The standard InChI is InChI=1S/C20H28O3/c1-5-14-15(11-13-7-10-23-12-13)18(22)20(4)9-6-8-19(2,3)17(20)16(14)21/h7,10,12,16-17,21H,5-6,8-9,11H2,1-4H3/t16-,17+,20+/m1/s1. The zero-order valence-electron chi connectivity index (χ0n) is 14.7. The Kier molecular flexibility index (Phi) is 4.04. The van der Waals surface area contributed by atoms with Gasteiger partial charge < -0.3 is 9.52 Å². The number of carbonyl (C=O) groups is 1. The average Bonchev–Trinajstić information content (AvgIpc) is 2.97. The molecule has 2 aliphatic rings. The maximum atomic E-state index is 13.4. The van der Waals surface area contributed by atoms with Crippen LogP contribution < -0.4 is 0 Å². The van der Waals surface area contributed by atoms with Gasteiger partial charge in [-0.15, -0.1) is 0 Å². The molecule has 126 valence electrons. The minimum absolute atomic E-state index is 0.0103. The van der Waals surface area contributed by atoms with Gasteiger partial charge in [-0.1, -0.05) is 34.1 Å². The number of aliphatic hydroxyl groups excluding tert-OH is 1. The highest BCUT2D eigenvalue weighted by Crippen LogP contribution is 2.57. The monoisotopic (exact) mass is 316 g/mol. The highest BCUT2D eigenvalue weighted by atomic mass is 16.3. The Morgan fingerprint density at radius 2 is 2.04 bits per heavy atom. The summed E-state index contributed by atoms with van der Waals surface area (Å²) in [5, 5.41) is 11.1. The van der Waals surface area contributed by atoms with Gasteiger partial charge in [0.15, 0.2) is 5.78 Å². The molecule has 0 aliphatic heterocycles. The lowest BCUT2D eigenvalue weighted by Gasteiger charge is -2.55. The third-order valence-electron chi connectivity index (χ3n) is 6.24. The number of fused-ring (bicyclic) bond motifs is 1. The van der Waals surface area contributed by atoms with E-state index in [0.717, 1.165) is 42.4 Å². The molecule has 2 aliphatic carbocycles. The summed E-state index contributed by atoms with van der Waals surface area (Å²) in [5.74, 6) is 0.262. The second kappa shape index (κ2) is 5.62. The van der Waals surface area contributed by atoms with Gasteiger partial charge in [-0.3, -0.25) is 4.79 Å². The molecule has 1 aromatic heterocycles. The van der Waals surface area contributed by atoms with Gasteiger partial charge in [0.05, 0.1) is 18.6 Å². The first-order valence-electron chi connectivity index (χ1n) is 8.77. The SMILES string of the molecule is CCC1=C(Cc2ccoc2)C(=O)[C@@]2(C)CCCC(C)(C)[C@@H]2[C@@H]1O. The summed E-state index contributed by atoms with van der Waals surface area (Å²) < 4.78 is 5.16. The highest BCUT2D eigenvalue weighted by Gasteiger charge is 2.57. The molecule has 3 nitrogen and oxygen atoms in total. The number of furan rings is 1. The number of hydrogen-bond acceptors (Lipinski definition) is 3. The lowest BCUT2D eigenvalue weighted by Crippen LogP contribution is -2.56. The van der Waals surface area contributed by atoms with E-state index in [1.165, 1.54) is 0 Å². The normalized spacial score (nSPS) is 33.7. The predicted molar refractivity (Wildman–Crippen MR) is 90.0 cm³/mol. The Labute approximate surface area is 138 Å². The lowest BCUT2D eigenvalue weighted by molar-refractivity contribution is -0.144. The molecular formula is C20H28O3. The van der Waals surface area contributed by atoms with Crippen LogP contribution in [0.5, 0.6) is 0 Å². The van der Waals surface area contributed by atoms with Gasteiger partial charge in [0, 0.05) is 23.3 Å². The molecule has 0 spiro atoms. The summed E-state index contributed by atoms with van der Waals surface area (Å²) >= 11 is 0. The molecule has 3 heteroatoms. The lowest BCUT2D eigenvalue weighted by atomic mass is 9.49. The van der Waals surface area contributed by atoms with Gasteiger partial charge in [-0.2, -0.15) is 0 Å². The molecular weight excluding hydrogens is 288 g/mol. The molecule has 0 aromatic carbocycles. The smallest absolute Gasteiger partial charge is 0.165 e. The van der Waals surface area contributed by atoms with Gasteiger partial charge in [-0.25, -0.2) is 0 Å². The van der Waals surface area contributed by atoms with Crippen molar-refractivity contribution < 1.29 is 14.3 Å². The van der Waals surface area contributed by atoms with Gasteiger partial charge >= 0.3 is 0 Å². The molecule has 1 N–H and O–H groups in total. The van der Waals surface area contributed by atoms with Crippen LogP contribution in [0.2, 0.25) is 0 Å². The van der Waals surface area contributed by atoms with E-state index in [4.69, 9.17) is 4.42 Å². The summed E-state index contributed by atoms with van der Waals surface area (Å²) in [4.78, 5) is 13.4. The molecule has 1 fully saturated rings. The number of Topliss-reactive ketones (excluding diaryl/α,β-unsaturated/α-hetero) is 1. The molecule has 0 unspecified atom stereocenters. The van der Waals surface area contributed by atoms with Gasteiger partial charge in [0.25, 0.3) is 0 Å². The number of allylic oxidation sites excluding steroid dienone is 1. The zero-order valence-corrected chi connectivity index (χ0v) is 14.7. The van der Waals surface area contributed by atoms with E-state index >= 15 is 0 Å². The molecule has 23 heavy (non-hydrogen) atoms. The van der Waals surface area contributed by atoms with E-state index in [2.05, 4.69) is 20.8 Å². The average molecular weight is 316 g/mol. The Morgan fingerprint density at radius 1 is 1.30 bits per heavy atom.